The number of ether oxygens (including phenoxy) is 1. The van der Waals surface area contributed by atoms with Crippen molar-refractivity contribution in [3.63, 3.8) is 0 Å². The molecule has 6 heteroatoms. The molecule has 0 atom stereocenters. The van der Waals surface area contributed by atoms with Crippen molar-refractivity contribution in [3.8, 4) is 6.07 Å². The molecule has 1 amide bonds. The molecule has 0 fully saturated rings. The lowest BCUT2D eigenvalue weighted by Gasteiger charge is -2.20. The van der Waals surface area contributed by atoms with Crippen LogP contribution in [-0.4, -0.2) is 17.5 Å². The van der Waals surface area contributed by atoms with Gasteiger partial charge in [0.2, 0.25) is 5.91 Å². The van der Waals surface area contributed by atoms with Gasteiger partial charge in [-0.15, -0.1) is 0 Å². The maximum absolute atomic E-state index is 12.1. The lowest BCUT2D eigenvalue weighted by Crippen LogP contribution is -2.25. The molecule has 0 saturated carbocycles. The molecule has 5 nitrogen and oxygen atoms in total. The molecule has 0 bridgehead atoms. The van der Waals surface area contributed by atoms with Gasteiger partial charge < -0.3 is 10.1 Å². The van der Waals surface area contributed by atoms with Crippen LogP contribution >= 0.6 is 15.9 Å². The van der Waals surface area contributed by atoms with Crippen LogP contribution in [0.1, 0.15) is 37.6 Å². The number of amides is 1. The minimum atomic E-state index is -0.632. The number of rotatable bonds is 3. The first-order chi connectivity index (χ1) is 9.23. The number of nitrogens with one attached hydrogen (secondary N) is 1. The fraction of sp³-hybridized carbons (Fsp3) is 0.357. The molecular weight excluding hydrogens is 324 g/mol. The van der Waals surface area contributed by atoms with E-state index in [-0.39, 0.29) is 12.0 Å². The number of anilines is 1. The lowest BCUT2D eigenvalue weighted by atomic mass is 10.1. The summed E-state index contributed by atoms with van der Waals surface area (Å²) in [5.74, 6) is -1.01. The van der Waals surface area contributed by atoms with Gasteiger partial charge in [0.1, 0.15) is 12.0 Å². The average molecular weight is 339 g/mol. The molecule has 0 radical (unpaired) electrons. The normalized spacial score (nSPS) is 10.6. The molecule has 0 saturated heterocycles. The minimum Gasteiger partial charge on any atom is -0.456 e. The van der Waals surface area contributed by atoms with Gasteiger partial charge in [0.15, 0.2) is 0 Å². The second-order valence-corrected chi connectivity index (χ2v) is 5.99. The number of nitriles is 1. The minimum absolute atomic E-state index is 0.237. The maximum atomic E-state index is 12.1. The fourth-order valence-electron chi connectivity index (χ4n) is 1.39. The Morgan fingerprint density at radius 2 is 2.05 bits per heavy atom. The summed E-state index contributed by atoms with van der Waals surface area (Å²) in [6.45, 7) is 5.28. The lowest BCUT2D eigenvalue weighted by molar-refractivity contribution is -0.115. The van der Waals surface area contributed by atoms with Gasteiger partial charge in [-0.2, -0.15) is 5.26 Å². The van der Waals surface area contributed by atoms with Gasteiger partial charge in [-0.1, -0.05) is 15.9 Å². The summed E-state index contributed by atoms with van der Waals surface area (Å²) in [6, 6.07) is 6.59. The summed E-state index contributed by atoms with van der Waals surface area (Å²) in [5.41, 5.74) is -0.0730. The van der Waals surface area contributed by atoms with Gasteiger partial charge in [-0.05, 0) is 39.0 Å². The fourth-order valence-corrected chi connectivity index (χ4v) is 1.75. The monoisotopic (exact) mass is 338 g/mol. The van der Waals surface area contributed by atoms with Crippen LogP contribution in [0.5, 0.6) is 0 Å². The molecule has 1 aromatic carbocycles. The van der Waals surface area contributed by atoms with E-state index >= 15 is 0 Å². The van der Waals surface area contributed by atoms with Crippen LogP contribution in [0, 0.1) is 11.3 Å². The second-order valence-electron chi connectivity index (χ2n) is 5.07. The summed E-state index contributed by atoms with van der Waals surface area (Å²) < 4.78 is 5.98. The highest BCUT2D eigenvalue weighted by Crippen LogP contribution is 2.24. The standard InChI is InChI=1S/C14H15BrN2O3/c1-14(2,3)20-13(19)10-8-9(15)4-5-11(10)17-12(18)6-7-16/h4-5,8H,6H2,1-3H3,(H,17,18). The number of esters is 1. The Morgan fingerprint density at radius 3 is 2.60 bits per heavy atom. The van der Waals surface area contributed by atoms with E-state index in [1.807, 2.05) is 0 Å². The molecule has 0 aliphatic carbocycles. The van der Waals surface area contributed by atoms with Gasteiger partial charge in [0, 0.05) is 4.47 Å². The molecule has 0 unspecified atom stereocenters. The van der Waals surface area contributed by atoms with E-state index in [4.69, 9.17) is 10.00 Å². The first-order valence-corrected chi connectivity index (χ1v) is 6.72. The molecule has 0 aliphatic heterocycles. The summed E-state index contributed by atoms with van der Waals surface area (Å²) in [5, 5.41) is 11.0. The average Bonchev–Trinajstić information content (AvgIpc) is 2.29. The third kappa shape index (κ3) is 5.02. The predicted molar refractivity (Wildman–Crippen MR) is 78.2 cm³/mol. The smallest absolute Gasteiger partial charge is 0.340 e. The SMILES string of the molecule is CC(C)(C)OC(=O)c1cc(Br)ccc1NC(=O)CC#N. The Kier molecular flexibility index (Phi) is 5.28. The van der Waals surface area contributed by atoms with Crippen LogP contribution in [0.15, 0.2) is 22.7 Å². The number of carbonyl (C=O) groups excluding carboxylic acids is 2. The van der Waals surface area contributed by atoms with Crippen molar-refractivity contribution in [2.24, 2.45) is 0 Å². The van der Waals surface area contributed by atoms with Crippen molar-refractivity contribution >= 4 is 33.5 Å². The van der Waals surface area contributed by atoms with Crippen LogP contribution in [0.4, 0.5) is 5.69 Å². The molecule has 0 heterocycles. The molecule has 0 spiro atoms. The number of carbonyl (C=O) groups is 2. The van der Waals surface area contributed by atoms with Crippen LogP contribution in [0.3, 0.4) is 0 Å². The van der Waals surface area contributed by atoms with E-state index in [1.54, 1.807) is 45.0 Å². The zero-order chi connectivity index (χ0) is 15.3. The molecule has 0 aromatic heterocycles. The number of hydrogen-bond acceptors (Lipinski definition) is 4. The molecule has 1 rings (SSSR count). The maximum Gasteiger partial charge on any atom is 0.340 e. The Labute approximate surface area is 126 Å². The van der Waals surface area contributed by atoms with E-state index in [2.05, 4.69) is 21.2 Å². The number of benzene rings is 1. The molecular formula is C14H15BrN2O3. The number of halogens is 1. The zero-order valence-corrected chi connectivity index (χ0v) is 13.1. The summed E-state index contributed by atoms with van der Waals surface area (Å²) in [7, 11) is 0. The topological polar surface area (TPSA) is 79.2 Å². The van der Waals surface area contributed by atoms with E-state index < -0.39 is 17.5 Å². The highest BCUT2D eigenvalue weighted by atomic mass is 79.9. The first-order valence-electron chi connectivity index (χ1n) is 5.92. The van der Waals surface area contributed by atoms with Crippen LogP contribution in [-0.2, 0) is 9.53 Å². The predicted octanol–water partition coefficient (Wildman–Crippen LogP) is 3.26. The van der Waals surface area contributed by atoms with E-state index in [0.717, 1.165) is 0 Å². The van der Waals surface area contributed by atoms with Crippen molar-refractivity contribution in [2.45, 2.75) is 32.8 Å². The molecule has 1 aromatic rings. The van der Waals surface area contributed by atoms with E-state index in [0.29, 0.717) is 10.2 Å². The van der Waals surface area contributed by atoms with E-state index in [1.165, 1.54) is 0 Å². The first kappa shape index (κ1) is 16.2. The van der Waals surface area contributed by atoms with Crippen LogP contribution in [0.25, 0.3) is 0 Å². The van der Waals surface area contributed by atoms with Crippen molar-refractivity contribution in [3.05, 3.63) is 28.2 Å². The summed E-state index contributed by atoms with van der Waals surface area (Å²) >= 11 is 3.27. The highest BCUT2D eigenvalue weighted by molar-refractivity contribution is 9.10. The summed E-state index contributed by atoms with van der Waals surface area (Å²) in [6.07, 6.45) is -0.274. The molecule has 106 valence electrons. The zero-order valence-electron chi connectivity index (χ0n) is 11.5. The van der Waals surface area contributed by atoms with Gasteiger partial charge in [-0.25, -0.2) is 4.79 Å². The van der Waals surface area contributed by atoms with Gasteiger partial charge in [0.25, 0.3) is 0 Å². The van der Waals surface area contributed by atoms with Crippen molar-refractivity contribution < 1.29 is 14.3 Å². The van der Waals surface area contributed by atoms with E-state index in [9.17, 15) is 9.59 Å². The Morgan fingerprint density at radius 1 is 1.40 bits per heavy atom. The van der Waals surface area contributed by atoms with Gasteiger partial charge in [-0.3, -0.25) is 4.79 Å². The Hall–Kier alpha value is -1.87. The van der Waals surface area contributed by atoms with Crippen molar-refractivity contribution in [1.29, 1.82) is 5.26 Å². The molecule has 1 N–H and O–H groups in total. The van der Waals surface area contributed by atoms with Gasteiger partial charge in [0.05, 0.1) is 17.3 Å². The molecule has 20 heavy (non-hydrogen) atoms. The second kappa shape index (κ2) is 6.53. The largest absolute Gasteiger partial charge is 0.456 e. The van der Waals surface area contributed by atoms with Crippen molar-refractivity contribution in [2.75, 3.05) is 5.32 Å². The Balaban J connectivity index is 3.05. The quantitative estimate of drug-likeness (QED) is 0.858. The highest BCUT2D eigenvalue weighted by Gasteiger charge is 2.21. The number of nitrogens with zero attached hydrogens (tertiary/aromatic N) is 1. The van der Waals surface area contributed by atoms with Crippen LogP contribution in [0.2, 0.25) is 0 Å². The van der Waals surface area contributed by atoms with Crippen molar-refractivity contribution in [1.82, 2.24) is 0 Å². The third-order valence-corrected chi connectivity index (χ3v) is 2.61. The number of hydrogen-bond donors (Lipinski definition) is 1. The third-order valence-electron chi connectivity index (χ3n) is 2.11. The van der Waals surface area contributed by atoms with Crippen LogP contribution < -0.4 is 5.32 Å². The summed E-state index contributed by atoms with van der Waals surface area (Å²) in [4.78, 5) is 23.6. The molecule has 0 aliphatic rings. The van der Waals surface area contributed by atoms with Gasteiger partial charge >= 0.3 is 5.97 Å². The Bertz CT molecular complexity index is 571.